The summed E-state index contributed by atoms with van der Waals surface area (Å²) in [5, 5.41) is 8.80. The highest BCUT2D eigenvalue weighted by atomic mass is 16.4. The van der Waals surface area contributed by atoms with Crippen LogP contribution in [0.1, 0.15) is 12.5 Å². The molecule has 0 saturated heterocycles. The predicted octanol–water partition coefficient (Wildman–Crippen LogP) is 1.41. The van der Waals surface area contributed by atoms with Crippen molar-refractivity contribution in [2.75, 3.05) is 19.0 Å². The van der Waals surface area contributed by atoms with Crippen LogP contribution < -0.4 is 4.90 Å². The van der Waals surface area contributed by atoms with Crippen LogP contribution in [0.3, 0.4) is 0 Å². The number of carbonyl (C=O) groups is 1. The highest BCUT2D eigenvalue weighted by Gasteiger charge is 2.11. The minimum Gasteiger partial charge on any atom is -0.481 e. The normalized spacial score (nSPS) is 12.2. The van der Waals surface area contributed by atoms with E-state index in [9.17, 15) is 4.79 Å². The summed E-state index contributed by atoms with van der Waals surface area (Å²) < 4.78 is 0. The van der Waals surface area contributed by atoms with Gasteiger partial charge in [-0.25, -0.2) is 4.98 Å². The molecule has 0 aromatic carbocycles. The first kappa shape index (κ1) is 11.5. The van der Waals surface area contributed by atoms with Crippen molar-refractivity contribution in [3.05, 3.63) is 23.9 Å². The zero-order valence-corrected chi connectivity index (χ0v) is 9.27. The van der Waals surface area contributed by atoms with Crippen molar-refractivity contribution in [2.45, 2.75) is 13.3 Å². The Morgan fingerprint density at radius 1 is 1.60 bits per heavy atom. The first-order chi connectivity index (χ1) is 7.00. The standard InChI is InChI=1S/C11H16N2O2/c1-8(11(14)15)6-9-4-5-12-10(7-9)13(2)3/h4-5,7-8H,6H2,1-3H3,(H,14,15). The number of carboxylic acids is 1. The van der Waals surface area contributed by atoms with Gasteiger partial charge >= 0.3 is 5.97 Å². The average molecular weight is 208 g/mol. The Bertz CT molecular complexity index is 350. The van der Waals surface area contributed by atoms with Crippen molar-refractivity contribution in [1.29, 1.82) is 0 Å². The van der Waals surface area contributed by atoms with Crippen LogP contribution in [0.2, 0.25) is 0 Å². The number of hydrogen-bond acceptors (Lipinski definition) is 3. The van der Waals surface area contributed by atoms with Gasteiger partial charge in [-0.3, -0.25) is 4.79 Å². The lowest BCUT2D eigenvalue weighted by Crippen LogP contribution is -2.14. The van der Waals surface area contributed by atoms with Crippen LogP contribution >= 0.6 is 0 Å². The van der Waals surface area contributed by atoms with E-state index in [4.69, 9.17) is 5.11 Å². The average Bonchev–Trinajstić information content (AvgIpc) is 2.18. The molecular weight excluding hydrogens is 192 g/mol. The lowest BCUT2D eigenvalue weighted by Gasteiger charge is -2.13. The van der Waals surface area contributed by atoms with Gasteiger partial charge in [0.25, 0.3) is 0 Å². The van der Waals surface area contributed by atoms with Crippen LogP contribution in [0.5, 0.6) is 0 Å². The Morgan fingerprint density at radius 2 is 2.27 bits per heavy atom. The quantitative estimate of drug-likeness (QED) is 0.812. The summed E-state index contributed by atoms with van der Waals surface area (Å²) in [7, 11) is 3.82. The fourth-order valence-electron chi connectivity index (χ4n) is 1.27. The summed E-state index contributed by atoms with van der Waals surface area (Å²) >= 11 is 0. The number of rotatable bonds is 4. The van der Waals surface area contributed by atoms with E-state index < -0.39 is 5.97 Å². The largest absolute Gasteiger partial charge is 0.481 e. The molecule has 1 heterocycles. The van der Waals surface area contributed by atoms with E-state index in [0.29, 0.717) is 6.42 Å². The van der Waals surface area contributed by atoms with E-state index >= 15 is 0 Å². The molecule has 0 aliphatic rings. The summed E-state index contributed by atoms with van der Waals surface area (Å²) in [6, 6.07) is 3.77. The predicted molar refractivity (Wildman–Crippen MR) is 59.1 cm³/mol. The van der Waals surface area contributed by atoms with Crippen LogP contribution in [0.25, 0.3) is 0 Å². The Balaban J connectivity index is 2.78. The summed E-state index contributed by atoms with van der Waals surface area (Å²) in [5.41, 5.74) is 1.00. The van der Waals surface area contributed by atoms with Gasteiger partial charge in [0.2, 0.25) is 0 Å². The number of anilines is 1. The van der Waals surface area contributed by atoms with E-state index in [1.165, 1.54) is 0 Å². The molecule has 0 saturated carbocycles. The van der Waals surface area contributed by atoms with E-state index in [-0.39, 0.29) is 5.92 Å². The van der Waals surface area contributed by atoms with Crippen LogP contribution in [0, 0.1) is 5.92 Å². The van der Waals surface area contributed by atoms with Gasteiger partial charge in [-0.1, -0.05) is 6.92 Å². The molecule has 0 amide bonds. The molecule has 0 fully saturated rings. The zero-order valence-electron chi connectivity index (χ0n) is 9.27. The maximum absolute atomic E-state index is 10.7. The van der Waals surface area contributed by atoms with E-state index in [2.05, 4.69) is 4.98 Å². The van der Waals surface area contributed by atoms with Gasteiger partial charge in [-0.15, -0.1) is 0 Å². The fraction of sp³-hybridized carbons (Fsp3) is 0.455. The first-order valence-electron chi connectivity index (χ1n) is 4.85. The van der Waals surface area contributed by atoms with Crippen molar-refractivity contribution in [1.82, 2.24) is 4.98 Å². The third-order valence-corrected chi connectivity index (χ3v) is 2.23. The molecule has 1 atom stereocenters. The smallest absolute Gasteiger partial charge is 0.306 e. The second kappa shape index (κ2) is 4.77. The van der Waals surface area contributed by atoms with Crippen LogP contribution in [0.4, 0.5) is 5.82 Å². The highest BCUT2D eigenvalue weighted by Crippen LogP contribution is 2.13. The van der Waals surface area contributed by atoms with Gasteiger partial charge in [0, 0.05) is 20.3 Å². The number of pyridine rings is 1. The van der Waals surface area contributed by atoms with E-state index in [1.807, 2.05) is 31.1 Å². The molecule has 1 N–H and O–H groups in total. The topological polar surface area (TPSA) is 53.4 Å². The summed E-state index contributed by atoms with van der Waals surface area (Å²) in [6.07, 6.45) is 2.25. The highest BCUT2D eigenvalue weighted by molar-refractivity contribution is 5.69. The summed E-state index contributed by atoms with van der Waals surface area (Å²) in [4.78, 5) is 16.8. The molecular formula is C11H16N2O2. The number of aromatic nitrogens is 1. The van der Waals surface area contributed by atoms with Crippen molar-refractivity contribution in [3.8, 4) is 0 Å². The lowest BCUT2D eigenvalue weighted by molar-refractivity contribution is -0.141. The zero-order chi connectivity index (χ0) is 11.4. The van der Waals surface area contributed by atoms with Crippen LogP contribution in [-0.4, -0.2) is 30.2 Å². The number of carboxylic acid groups (broad SMARTS) is 1. The Morgan fingerprint density at radius 3 is 2.80 bits per heavy atom. The van der Waals surface area contributed by atoms with E-state index in [1.54, 1.807) is 13.1 Å². The molecule has 0 spiro atoms. The second-order valence-corrected chi connectivity index (χ2v) is 3.86. The van der Waals surface area contributed by atoms with Gasteiger partial charge < -0.3 is 10.0 Å². The number of hydrogen-bond donors (Lipinski definition) is 1. The molecule has 1 aromatic heterocycles. The van der Waals surface area contributed by atoms with Crippen molar-refractivity contribution in [2.24, 2.45) is 5.92 Å². The van der Waals surface area contributed by atoms with Crippen molar-refractivity contribution >= 4 is 11.8 Å². The van der Waals surface area contributed by atoms with E-state index in [0.717, 1.165) is 11.4 Å². The van der Waals surface area contributed by atoms with Crippen molar-refractivity contribution < 1.29 is 9.90 Å². The van der Waals surface area contributed by atoms with Crippen molar-refractivity contribution in [3.63, 3.8) is 0 Å². The van der Waals surface area contributed by atoms with Crippen LogP contribution in [-0.2, 0) is 11.2 Å². The molecule has 1 unspecified atom stereocenters. The van der Waals surface area contributed by atoms with Gasteiger partial charge in [-0.2, -0.15) is 0 Å². The monoisotopic (exact) mass is 208 g/mol. The Labute approximate surface area is 89.6 Å². The van der Waals surface area contributed by atoms with Crippen LogP contribution in [0.15, 0.2) is 18.3 Å². The minimum absolute atomic E-state index is 0.359. The lowest BCUT2D eigenvalue weighted by atomic mass is 10.0. The fourth-order valence-corrected chi connectivity index (χ4v) is 1.27. The third-order valence-electron chi connectivity index (χ3n) is 2.23. The molecule has 15 heavy (non-hydrogen) atoms. The number of aliphatic carboxylic acids is 1. The molecule has 0 aliphatic carbocycles. The first-order valence-corrected chi connectivity index (χ1v) is 4.85. The molecule has 0 radical (unpaired) electrons. The molecule has 0 aliphatic heterocycles. The minimum atomic E-state index is -0.766. The molecule has 1 aromatic rings. The Hall–Kier alpha value is -1.58. The molecule has 1 rings (SSSR count). The van der Waals surface area contributed by atoms with Gasteiger partial charge in [0.05, 0.1) is 5.92 Å². The Kier molecular flexibility index (Phi) is 3.66. The van der Waals surface area contributed by atoms with Gasteiger partial charge in [-0.05, 0) is 24.1 Å². The second-order valence-electron chi connectivity index (χ2n) is 3.86. The van der Waals surface area contributed by atoms with Gasteiger partial charge in [0.1, 0.15) is 5.82 Å². The maximum atomic E-state index is 10.7. The molecule has 82 valence electrons. The SMILES string of the molecule is CC(Cc1ccnc(N(C)C)c1)C(=O)O. The summed E-state index contributed by atoms with van der Waals surface area (Å²) in [5.74, 6) is -0.272. The third kappa shape index (κ3) is 3.23. The van der Waals surface area contributed by atoms with Gasteiger partial charge in [0.15, 0.2) is 0 Å². The molecule has 4 nitrogen and oxygen atoms in total. The summed E-state index contributed by atoms with van der Waals surface area (Å²) in [6.45, 7) is 1.71. The molecule has 0 bridgehead atoms. The molecule has 4 heteroatoms. The number of nitrogens with zero attached hydrogens (tertiary/aromatic N) is 2. The maximum Gasteiger partial charge on any atom is 0.306 e.